The van der Waals surface area contributed by atoms with Gasteiger partial charge in [0.25, 0.3) is 0 Å². The van der Waals surface area contributed by atoms with Gasteiger partial charge >= 0.3 is 5.97 Å². The molecular weight excluding hydrogens is 270 g/mol. The number of aliphatic carboxylic acids is 1. The lowest BCUT2D eigenvalue weighted by Crippen LogP contribution is -2.62. The minimum atomic E-state index is -1.41. The van der Waals surface area contributed by atoms with Gasteiger partial charge in [0.2, 0.25) is 0 Å². The summed E-state index contributed by atoms with van der Waals surface area (Å²) in [6, 6.07) is 7.24. The molecule has 3 N–H and O–H groups in total. The highest BCUT2D eigenvalue weighted by atomic mass is 16.4. The SMILES string of the molecule is CC1(C(=O)O)CN(C2CNCCN2)c2ccccc2C1=O. The zero-order valence-corrected chi connectivity index (χ0v) is 11.9. The first kappa shape index (κ1) is 14.0. The fourth-order valence-electron chi connectivity index (χ4n) is 3.01. The number of carboxylic acid groups (broad SMARTS) is 1. The van der Waals surface area contributed by atoms with Crippen LogP contribution in [0.15, 0.2) is 24.3 Å². The van der Waals surface area contributed by atoms with Gasteiger partial charge < -0.3 is 15.3 Å². The average Bonchev–Trinajstić information content (AvgIpc) is 2.51. The summed E-state index contributed by atoms with van der Waals surface area (Å²) >= 11 is 0. The number of piperazine rings is 1. The molecule has 1 fully saturated rings. The van der Waals surface area contributed by atoms with Crippen LogP contribution in [0.1, 0.15) is 17.3 Å². The van der Waals surface area contributed by atoms with E-state index in [4.69, 9.17) is 0 Å². The molecule has 0 radical (unpaired) electrons. The summed E-state index contributed by atoms with van der Waals surface area (Å²) in [4.78, 5) is 26.2. The van der Waals surface area contributed by atoms with E-state index in [1.807, 2.05) is 17.0 Å². The first-order valence-corrected chi connectivity index (χ1v) is 7.12. The number of fused-ring (bicyclic) bond motifs is 1. The van der Waals surface area contributed by atoms with Crippen molar-refractivity contribution in [2.24, 2.45) is 5.41 Å². The van der Waals surface area contributed by atoms with Crippen LogP contribution in [0.25, 0.3) is 0 Å². The fourth-order valence-corrected chi connectivity index (χ4v) is 3.01. The number of hydrogen-bond donors (Lipinski definition) is 3. The molecule has 6 heteroatoms. The van der Waals surface area contributed by atoms with Gasteiger partial charge in [0.1, 0.15) is 5.41 Å². The number of carbonyl (C=O) groups excluding carboxylic acids is 1. The molecule has 1 aromatic carbocycles. The average molecular weight is 289 g/mol. The van der Waals surface area contributed by atoms with Crippen molar-refractivity contribution in [1.82, 2.24) is 10.6 Å². The van der Waals surface area contributed by atoms with Gasteiger partial charge in [-0.1, -0.05) is 12.1 Å². The smallest absolute Gasteiger partial charge is 0.319 e. The summed E-state index contributed by atoms with van der Waals surface area (Å²) < 4.78 is 0. The molecule has 112 valence electrons. The van der Waals surface area contributed by atoms with Gasteiger partial charge in [-0.25, -0.2) is 0 Å². The van der Waals surface area contributed by atoms with Crippen LogP contribution in [-0.4, -0.2) is 49.2 Å². The third-order valence-corrected chi connectivity index (χ3v) is 4.31. The molecule has 2 aliphatic heterocycles. The Hall–Kier alpha value is -1.92. The monoisotopic (exact) mass is 289 g/mol. The molecule has 2 heterocycles. The van der Waals surface area contributed by atoms with Gasteiger partial charge in [0.15, 0.2) is 5.78 Å². The zero-order chi connectivity index (χ0) is 15.0. The van der Waals surface area contributed by atoms with Crippen molar-refractivity contribution >= 4 is 17.4 Å². The van der Waals surface area contributed by atoms with Crippen LogP contribution in [0.3, 0.4) is 0 Å². The molecule has 0 aliphatic carbocycles. The molecule has 1 saturated heterocycles. The van der Waals surface area contributed by atoms with Gasteiger partial charge in [-0.3, -0.25) is 14.9 Å². The van der Waals surface area contributed by atoms with Crippen molar-refractivity contribution < 1.29 is 14.7 Å². The first-order valence-electron chi connectivity index (χ1n) is 7.12. The number of carbonyl (C=O) groups is 2. The molecule has 0 amide bonds. The van der Waals surface area contributed by atoms with Crippen LogP contribution in [-0.2, 0) is 4.79 Å². The quantitative estimate of drug-likeness (QED) is 0.679. The number of nitrogens with one attached hydrogen (secondary N) is 2. The van der Waals surface area contributed by atoms with Crippen molar-refractivity contribution in [1.29, 1.82) is 0 Å². The molecule has 2 aliphatic rings. The molecule has 6 nitrogen and oxygen atoms in total. The fraction of sp³-hybridized carbons (Fsp3) is 0.467. The Morgan fingerprint density at radius 1 is 1.38 bits per heavy atom. The molecule has 21 heavy (non-hydrogen) atoms. The Morgan fingerprint density at radius 3 is 2.81 bits per heavy atom. The van der Waals surface area contributed by atoms with Crippen molar-refractivity contribution in [3.8, 4) is 0 Å². The maximum Gasteiger partial charge on any atom is 0.319 e. The van der Waals surface area contributed by atoms with E-state index in [9.17, 15) is 14.7 Å². The number of ketones is 1. The maximum absolute atomic E-state index is 12.6. The molecule has 2 unspecified atom stereocenters. The number of anilines is 1. The second-order valence-electron chi connectivity index (χ2n) is 5.79. The molecule has 1 aromatic rings. The summed E-state index contributed by atoms with van der Waals surface area (Å²) in [6.45, 7) is 4.12. The van der Waals surface area contributed by atoms with Crippen molar-refractivity contribution in [3.05, 3.63) is 29.8 Å². The Kier molecular flexibility index (Phi) is 3.43. The molecule has 0 spiro atoms. The Balaban J connectivity index is 2.05. The summed E-state index contributed by atoms with van der Waals surface area (Å²) in [5.41, 5.74) is -0.114. The van der Waals surface area contributed by atoms with Crippen molar-refractivity contribution in [2.75, 3.05) is 31.1 Å². The van der Waals surface area contributed by atoms with Gasteiger partial charge in [0, 0.05) is 37.4 Å². The third-order valence-electron chi connectivity index (χ3n) is 4.31. The van der Waals surface area contributed by atoms with Crippen LogP contribution < -0.4 is 15.5 Å². The minimum absolute atomic E-state index is 0.00771. The number of rotatable bonds is 2. The van der Waals surface area contributed by atoms with Crippen molar-refractivity contribution in [3.63, 3.8) is 0 Å². The molecule has 3 rings (SSSR count). The maximum atomic E-state index is 12.6. The Labute approximate surface area is 123 Å². The van der Waals surface area contributed by atoms with E-state index in [2.05, 4.69) is 10.6 Å². The highest BCUT2D eigenvalue weighted by Gasteiger charge is 2.49. The number of hydrogen-bond acceptors (Lipinski definition) is 5. The molecule has 2 atom stereocenters. The van der Waals surface area contributed by atoms with Crippen LogP contribution in [0.2, 0.25) is 0 Å². The minimum Gasteiger partial charge on any atom is -0.480 e. The van der Waals surface area contributed by atoms with E-state index in [0.29, 0.717) is 5.56 Å². The Morgan fingerprint density at radius 2 is 2.14 bits per heavy atom. The van der Waals surface area contributed by atoms with Crippen LogP contribution in [0.4, 0.5) is 5.69 Å². The van der Waals surface area contributed by atoms with E-state index in [-0.39, 0.29) is 18.5 Å². The largest absolute Gasteiger partial charge is 0.480 e. The van der Waals surface area contributed by atoms with Gasteiger partial charge in [-0.05, 0) is 19.1 Å². The van der Waals surface area contributed by atoms with E-state index in [1.54, 1.807) is 12.1 Å². The van der Waals surface area contributed by atoms with E-state index >= 15 is 0 Å². The second-order valence-corrected chi connectivity index (χ2v) is 5.79. The highest BCUT2D eigenvalue weighted by Crippen LogP contribution is 2.37. The molecular formula is C15H19N3O3. The number of nitrogens with zero attached hydrogens (tertiary/aromatic N) is 1. The van der Waals surface area contributed by atoms with E-state index < -0.39 is 11.4 Å². The standard InChI is InChI=1S/C15H19N3O3/c1-15(14(20)21)9-18(12-8-16-6-7-17-12)11-5-3-2-4-10(11)13(15)19/h2-5,12,16-17H,6-9H2,1H3,(H,20,21). The number of benzene rings is 1. The lowest BCUT2D eigenvalue weighted by atomic mass is 9.77. The summed E-state index contributed by atoms with van der Waals surface area (Å²) in [5.74, 6) is -1.39. The summed E-state index contributed by atoms with van der Waals surface area (Å²) in [5, 5.41) is 16.2. The number of para-hydroxylation sites is 1. The first-order chi connectivity index (χ1) is 10.0. The van der Waals surface area contributed by atoms with Gasteiger partial charge in [-0.15, -0.1) is 0 Å². The Bertz CT molecular complexity index is 583. The second kappa shape index (κ2) is 5.13. The predicted octanol–water partition coefficient (Wildman–Crippen LogP) is 0.299. The van der Waals surface area contributed by atoms with E-state index in [0.717, 1.165) is 25.3 Å². The zero-order valence-electron chi connectivity index (χ0n) is 11.9. The normalized spacial score (nSPS) is 29.1. The van der Waals surface area contributed by atoms with Gasteiger partial charge in [0.05, 0.1) is 6.17 Å². The van der Waals surface area contributed by atoms with Crippen LogP contribution >= 0.6 is 0 Å². The lowest BCUT2D eigenvalue weighted by molar-refractivity contribution is -0.144. The predicted molar refractivity (Wildman–Crippen MR) is 78.5 cm³/mol. The number of carboxylic acids is 1. The van der Waals surface area contributed by atoms with Gasteiger partial charge in [-0.2, -0.15) is 0 Å². The van der Waals surface area contributed by atoms with Crippen molar-refractivity contribution in [2.45, 2.75) is 13.1 Å². The van der Waals surface area contributed by atoms with Crippen LogP contribution in [0.5, 0.6) is 0 Å². The van der Waals surface area contributed by atoms with Crippen LogP contribution in [0, 0.1) is 5.41 Å². The number of Topliss-reactive ketones (excluding diaryl/α,β-unsaturated/α-hetero) is 1. The molecule has 0 saturated carbocycles. The third kappa shape index (κ3) is 2.20. The molecule has 0 bridgehead atoms. The topological polar surface area (TPSA) is 81.7 Å². The summed E-state index contributed by atoms with van der Waals surface area (Å²) in [7, 11) is 0. The summed E-state index contributed by atoms with van der Waals surface area (Å²) in [6.07, 6.45) is -0.00771. The molecule has 0 aromatic heterocycles. The lowest BCUT2D eigenvalue weighted by Gasteiger charge is -2.44. The van der Waals surface area contributed by atoms with E-state index in [1.165, 1.54) is 6.92 Å². The highest BCUT2D eigenvalue weighted by molar-refractivity contribution is 6.16.